The van der Waals surface area contributed by atoms with E-state index < -0.39 is 11.6 Å². The van der Waals surface area contributed by atoms with Crippen LogP contribution in [0.1, 0.15) is 45.4 Å². The van der Waals surface area contributed by atoms with Crippen LogP contribution in [0.5, 0.6) is 0 Å². The van der Waals surface area contributed by atoms with E-state index in [-0.39, 0.29) is 5.92 Å². The van der Waals surface area contributed by atoms with Crippen molar-refractivity contribution in [2.24, 2.45) is 5.92 Å². The molecule has 0 aromatic heterocycles. The maximum atomic E-state index is 10.9. The monoisotopic (exact) mass is 186 g/mol. The van der Waals surface area contributed by atoms with Crippen LogP contribution in [0.3, 0.4) is 0 Å². The van der Waals surface area contributed by atoms with Crippen molar-refractivity contribution in [3.63, 3.8) is 0 Å². The zero-order valence-corrected chi connectivity index (χ0v) is 8.12. The molecule has 0 amide bonds. The van der Waals surface area contributed by atoms with Gasteiger partial charge in [-0.2, -0.15) is 0 Å². The lowest BCUT2D eigenvalue weighted by molar-refractivity contribution is -0.165. The van der Waals surface area contributed by atoms with E-state index >= 15 is 0 Å². The molecule has 1 aliphatic carbocycles. The first-order valence-corrected chi connectivity index (χ1v) is 5.07. The molecule has 0 aromatic carbocycles. The Kier molecular flexibility index (Phi) is 3.31. The van der Waals surface area contributed by atoms with Crippen LogP contribution in [-0.2, 0) is 4.79 Å². The molecule has 0 aromatic rings. The van der Waals surface area contributed by atoms with Crippen LogP contribution >= 0.6 is 0 Å². The SMILES string of the molecule is CCCC(O)(C(=O)O)C1CCCC1. The average molecular weight is 186 g/mol. The third kappa shape index (κ3) is 2.02. The van der Waals surface area contributed by atoms with E-state index in [0.717, 1.165) is 32.1 Å². The van der Waals surface area contributed by atoms with E-state index in [1.54, 1.807) is 0 Å². The van der Waals surface area contributed by atoms with E-state index in [4.69, 9.17) is 5.11 Å². The lowest BCUT2D eigenvalue weighted by atomic mass is 9.82. The highest BCUT2D eigenvalue weighted by Crippen LogP contribution is 2.36. The molecule has 2 N–H and O–H groups in total. The van der Waals surface area contributed by atoms with Gasteiger partial charge in [-0.25, -0.2) is 4.79 Å². The molecule has 1 rings (SSSR count). The molecular formula is C10H18O3. The molecule has 0 radical (unpaired) electrons. The summed E-state index contributed by atoms with van der Waals surface area (Å²) in [6, 6.07) is 0. The van der Waals surface area contributed by atoms with Crippen LogP contribution < -0.4 is 0 Å². The number of carbonyl (C=O) groups is 1. The summed E-state index contributed by atoms with van der Waals surface area (Å²) in [6.45, 7) is 1.91. The highest BCUT2D eigenvalue weighted by atomic mass is 16.4. The number of hydrogen-bond acceptors (Lipinski definition) is 2. The minimum atomic E-state index is -1.45. The van der Waals surface area contributed by atoms with E-state index in [1.807, 2.05) is 6.92 Å². The molecule has 0 aliphatic heterocycles. The van der Waals surface area contributed by atoms with Gasteiger partial charge >= 0.3 is 5.97 Å². The molecule has 0 heterocycles. The van der Waals surface area contributed by atoms with Crippen LogP contribution in [0.2, 0.25) is 0 Å². The van der Waals surface area contributed by atoms with E-state index in [9.17, 15) is 9.90 Å². The van der Waals surface area contributed by atoms with Crippen LogP contribution in [0.15, 0.2) is 0 Å². The second-order valence-electron chi connectivity index (χ2n) is 3.96. The predicted molar refractivity (Wildman–Crippen MR) is 49.5 cm³/mol. The molecule has 1 atom stereocenters. The topological polar surface area (TPSA) is 57.5 Å². The Hall–Kier alpha value is -0.570. The van der Waals surface area contributed by atoms with Crippen LogP contribution in [0, 0.1) is 5.92 Å². The van der Waals surface area contributed by atoms with Crippen molar-refractivity contribution in [2.75, 3.05) is 0 Å². The van der Waals surface area contributed by atoms with Gasteiger partial charge in [0.15, 0.2) is 5.60 Å². The molecule has 13 heavy (non-hydrogen) atoms. The Balaban J connectivity index is 2.69. The number of aliphatic hydroxyl groups is 1. The lowest BCUT2D eigenvalue weighted by Gasteiger charge is -2.29. The van der Waals surface area contributed by atoms with Gasteiger partial charge in [0.25, 0.3) is 0 Å². The van der Waals surface area contributed by atoms with Crippen molar-refractivity contribution in [2.45, 2.75) is 51.0 Å². The Labute approximate surface area is 78.8 Å². The lowest BCUT2D eigenvalue weighted by Crippen LogP contribution is -2.44. The summed E-state index contributed by atoms with van der Waals surface area (Å²) in [6.07, 6.45) is 4.95. The Morgan fingerprint density at radius 2 is 2.00 bits per heavy atom. The largest absolute Gasteiger partial charge is 0.479 e. The molecule has 1 saturated carbocycles. The van der Waals surface area contributed by atoms with Gasteiger partial charge in [-0.3, -0.25) is 0 Å². The minimum absolute atomic E-state index is 0.0232. The van der Waals surface area contributed by atoms with Gasteiger partial charge in [0, 0.05) is 0 Å². The molecule has 0 saturated heterocycles. The van der Waals surface area contributed by atoms with Crippen molar-refractivity contribution in [3.8, 4) is 0 Å². The third-order valence-electron chi connectivity index (χ3n) is 3.03. The summed E-state index contributed by atoms with van der Waals surface area (Å²) in [5, 5.41) is 19.0. The average Bonchev–Trinajstić information content (AvgIpc) is 2.56. The fourth-order valence-electron chi connectivity index (χ4n) is 2.27. The molecule has 3 nitrogen and oxygen atoms in total. The smallest absolute Gasteiger partial charge is 0.335 e. The zero-order valence-electron chi connectivity index (χ0n) is 8.12. The fourth-order valence-corrected chi connectivity index (χ4v) is 2.27. The quantitative estimate of drug-likeness (QED) is 0.703. The van der Waals surface area contributed by atoms with Gasteiger partial charge in [0.2, 0.25) is 0 Å². The van der Waals surface area contributed by atoms with Gasteiger partial charge < -0.3 is 10.2 Å². The summed E-state index contributed by atoms with van der Waals surface area (Å²) in [5.74, 6) is -1.06. The number of carboxylic acids is 1. The predicted octanol–water partition coefficient (Wildman–Crippen LogP) is 1.79. The second kappa shape index (κ2) is 4.09. The molecule has 0 spiro atoms. The number of rotatable bonds is 4. The summed E-state index contributed by atoms with van der Waals surface area (Å²) in [4.78, 5) is 10.9. The first kappa shape index (κ1) is 10.5. The van der Waals surface area contributed by atoms with Gasteiger partial charge in [0.1, 0.15) is 0 Å². The highest BCUT2D eigenvalue weighted by Gasteiger charge is 2.43. The van der Waals surface area contributed by atoms with Crippen molar-refractivity contribution < 1.29 is 15.0 Å². The summed E-state index contributed by atoms with van der Waals surface area (Å²) >= 11 is 0. The number of carboxylic acid groups (broad SMARTS) is 1. The summed E-state index contributed by atoms with van der Waals surface area (Å²) in [5.41, 5.74) is -1.45. The van der Waals surface area contributed by atoms with Crippen LogP contribution in [0.25, 0.3) is 0 Å². The fraction of sp³-hybridized carbons (Fsp3) is 0.900. The first-order valence-electron chi connectivity index (χ1n) is 5.07. The summed E-state index contributed by atoms with van der Waals surface area (Å²) in [7, 11) is 0. The standard InChI is InChI=1S/C10H18O3/c1-2-7-10(13,9(11)12)8-5-3-4-6-8/h8,13H,2-7H2,1H3,(H,11,12). The van der Waals surface area contributed by atoms with Gasteiger partial charge in [-0.05, 0) is 25.2 Å². The molecule has 3 heteroatoms. The number of aliphatic carboxylic acids is 1. The second-order valence-corrected chi connectivity index (χ2v) is 3.96. The maximum absolute atomic E-state index is 10.9. The Bertz CT molecular complexity index is 185. The van der Waals surface area contributed by atoms with E-state index in [1.165, 1.54) is 0 Å². The van der Waals surface area contributed by atoms with E-state index in [2.05, 4.69) is 0 Å². The highest BCUT2D eigenvalue weighted by molar-refractivity contribution is 5.77. The zero-order chi connectivity index (χ0) is 9.90. The van der Waals surface area contributed by atoms with Gasteiger partial charge in [-0.15, -0.1) is 0 Å². The minimum Gasteiger partial charge on any atom is -0.479 e. The molecular weight excluding hydrogens is 168 g/mol. The Morgan fingerprint density at radius 1 is 1.46 bits per heavy atom. The Morgan fingerprint density at radius 3 is 2.38 bits per heavy atom. The molecule has 0 bridgehead atoms. The summed E-state index contributed by atoms with van der Waals surface area (Å²) < 4.78 is 0. The molecule has 1 aliphatic rings. The number of hydrogen-bond donors (Lipinski definition) is 2. The van der Waals surface area contributed by atoms with E-state index in [0.29, 0.717) is 6.42 Å². The van der Waals surface area contributed by atoms with Gasteiger partial charge in [-0.1, -0.05) is 26.2 Å². The maximum Gasteiger partial charge on any atom is 0.335 e. The van der Waals surface area contributed by atoms with Crippen molar-refractivity contribution in [1.29, 1.82) is 0 Å². The van der Waals surface area contributed by atoms with Crippen molar-refractivity contribution in [1.82, 2.24) is 0 Å². The molecule has 1 fully saturated rings. The van der Waals surface area contributed by atoms with Crippen LogP contribution in [0.4, 0.5) is 0 Å². The van der Waals surface area contributed by atoms with Crippen molar-refractivity contribution >= 4 is 5.97 Å². The third-order valence-corrected chi connectivity index (χ3v) is 3.03. The van der Waals surface area contributed by atoms with Crippen molar-refractivity contribution in [3.05, 3.63) is 0 Å². The van der Waals surface area contributed by atoms with Gasteiger partial charge in [0.05, 0.1) is 0 Å². The van der Waals surface area contributed by atoms with Crippen LogP contribution in [-0.4, -0.2) is 21.8 Å². The normalized spacial score (nSPS) is 22.9. The molecule has 1 unspecified atom stereocenters. The first-order chi connectivity index (χ1) is 6.11. The molecule has 76 valence electrons.